The van der Waals surface area contributed by atoms with Crippen LogP contribution in [0.4, 0.5) is 5.69 Å². The molecule has 0 radical (unpaired) electrons. The Morgan fingerprint density at radius 3 is 2.48 bits per heavy atom. The number of nitrogens with two attached hydrogens (primary N) is 1. The number of hydrogen-bond acceptors (Lipinski definition) is 2. The Bertz CT molecular complexity index is 735. The standard InChI is InChI=1S/C17H22N4O.HI/c1-4-13-6-9-15(10-7-13)20-17(18)19-11-14-8-5-12(2)21(3)16(14)22;/h5-10H,4,11H2,1-3H3,(H3,18,19,20);1H. The molecule has 3 N–H and O–H groups in total. The third kappa shape index (κ3) is 5.09. The summed E-state index contributed by atoms with van der Waals surface area (Å²) < 4.78 is 1.61. The van der Waals surface area contributed by atoms with Crippen molar-refractivity contribution in [3.05, 3.63) is 63.6 Å². The molecule has 6 heteroatoms. The minimum absolute atomic E-state index is 0. The van der Waals surface area contributed by atoms with Gasteiger partial charge in [-0.3, -0.25) is 4.79 Å². The summed E-state index contributed by atoms with van der Waals surface area (Å²) >= 11 is 0. The summed E-state index contributed by atoms with van der Waals surface area (Å²) in [6, 6.07) is 11.7. The highest BCUT2D eigenvalue weighted by atomic mass is 127. The van der Waals surface area contributed by atoms with Gasteiger partial charge in [0.2, 0.25) is 0 Å². The quantitative estimate of drug-likeness (QED) is 0.449. The molecule has 0 bridgehead atoms. The van der Waals surface area contributed by atoms with Crippen molar-refractivity contribution in [2.75, 3.05) is 5.32 Å². The lowest BCUT2D eigenvalue weighted by atomic mass is 10.1. The molecule has 0 aliphatic rings. The van der Waals surface area contributed by atoms with Crippen molar-refractivity contribution < 1.29 is 0 Å². The molecule has 0 saturated carbocycles. The van der Waals surface area contributed by atoms with Gasteiger partial charge in [-0.25, -0.2) is 4.99 Å². The average molecular weight is 426 g/mol. The fourth-order valence-electron chi connectivity index (χ4n) is 2.08. The van der Waals surface area contributed by atoms with Crippen LogP contribution in [0.15, 0.2) is 46.2 Å². The van der Waals surface area contributed by atoms with E-state index in [0.717, 1.165) is 17.8 Å². The SMILES string of the molecule is CCc1ccc(NC(N)=NCc2ccc(C)n(C)c2=O)cc1.I. The van der Waals surface area contributed by atoms with Crippen molar-refractivity contribution in [3.8, 4) is 0 Å². The first-order valence-electron chi connectivity index (χ1n) is 7.32. The van der Waals surface area contributed by atoms with Crippen LogP contribution in [0, 0.1) is 6.92 Å². The molecule has 0 aliphatic carbocycles. The second kappa shape index (κ2) is 8.71. The van der Waals surface area contributed by atoms with E-state index < -0.39 is 0 Å². The van der Waals surface area contributed by atoms with Gasteiger partial charge in [0.1, 0.15) is 0 Å². The number of aryl methyl sites for hydroxylation is 2. The minimum atomic E-state index is -0.0381. The summed E-state index contributed by atoms with van der Waals surface area (Å²) in [6.07, 6.45) is 1.00. The summed E-state index contributed by atoms with van der Waals surface area (Å²) in [5, 5.41) is 3.03. The molecule has 1 heterocycles. The van der Waals surface area contributed by atoms with E-state index >= 15 is 0 Å². The van der Waals surface area contributed by atoms with Crippen LogP contribution < -0.4 is 16.6 Å². The highest BCUT2D eigenvalue weighted by Crippen LogP contribution is 2.09. The predicted octanol–water partition coefficient (Wildman–Crippen LogP) is 2.80. The average Bonchev–Trinajstić information content (AvgIpc) is 2.53. The van der Waals surface area contributed by atoms with Crippen LogP contribution in [0.3, 0.4) is 0 Å². The highest BCUT2D eigenvalue weighted by molar-refractivity contribution is 14.0. The Kier molecular flexibility index (Phi) is 7.28. The van der Waals surface area contributed by atoms with Gasteiger partial charge in [0.15, 0.2) is 5.96 Å². The zero-order valence-corrected chi connectivity index (χ0v) is 16.0. The number of aromatic nitrogens is 1. The molecular weight excluding hydrogens is 403 g/mol. The number of pyridine rings is 1. The second-order valence-corrected chi connectivity index (χ2v) is 5.24. The van der Waals surface area contributed by atoms with Gasteiger partial charge in [-0.05, 0) is 43.2 Å². The number of hydrogen-bond donors (Lipinski definition) is 2. The van der Waals surface area contributed by atoms with Gasteiger partial charge in [-0.15, -0.1) is 24.0 Å². The van der Waals surface area contributed by atoms with Crippen molar-refractivity contribution in [1.29, 1.82) is 0 Å². The Balaban J connectivity index is 0.00000264. The van der Waals surface area contributed by atoms with E-state index in [9.17, 15) is 4.79 Å². The maximum atomic E-state index is 12.1. The number of aliphatic imine (C=N–C) groups is 1. The molecule has 0 atom stereocenters. The molecule has 0 fully saturated rings. The number of halogens is 1. The van der Waals surface area contributed by atoms with Crippen LogP contribution in [-0.4, -0.2) is 10.5 Å². The van der Waals surface area contributed by atoms with Crippen LogP contribution >= 0.6 is 24.0 Å². The van der Waals surface area contributed by atoms with Crippen LogP contribution in [-0.2, 0) is 20.0 Å². The maximum absolute atomic E-state index is 12.1. The lowest BCUT2D eigenvalue weighted by Crippen LogP contribution is -2.25. The highest BCUT2D eigenvalue weighted by Gasteiger charge is 2.03. The molecule has 23 heavy (non-hydrogen) atoms. The molecule has 1 aromatic heterocycles. The molecule has 2 aromatic rings. The van der Waals surface area contributed by atoms with Crippen molar-refractivity contribution in [3.63, 3.8) is 0 Å². The summed E-state index contributed by atoms with van der Waals surface area (Å²) in [4.78, 5) is 16.3. The number of benzene rings is 1. The second-order valence-electron chi connectivity index (χ2n) is 5.24. The first-order chi connectivity index (χ1) is 10.5. The molecule has 2 rings (SSSR count). The van der Waals surface area contributed by atoms with E-state index in [1.807, 2.05) is 37.3 Å². The summed E-state index contributed by atoms with van der Waals surface area (Å²) in [6.45, 7) is 4.27. The molecule has 0 spiro atoms. The van der Waals surface area contributed by atoms with Crippen molar-refractivity contribution in [1.82, 2.24) is 4.57 Å². The fourth-order valence-corrected chi connectivity index (χ4v) is 2.08. The molecule has 5 nitrogen and oxygen atoms in total. The first-order valence-corrected chi connectivity index (χ1v) is 7.32. The van der Waals surface area contributed by atoms with Gasteiger partial charge in [0.05, 0.1) is 6.54 Å². The minimum Gasteiger partial charge on any atom is -0.370 e. The molecule has 0 amide bonds. The van der Waals surface area contributed by atoms with Gasteiger partial charge in [0.25, 0.3) is 5.56 Å². The Morgan fingerprint density at radius 1 is 1.22 bits per heavy atom. The predicted molar refractivity (Wildman–Crippen MR) is 107 cm³/mol. The normalized spacial score (nSPS) is 11.0. The first kappa shape index (κ1) is 19.2. The number of nitrogens with zero attached hydrogens (tertiary/aromatic N) is 2. The molecule has 124 valence electrons. The maximum Gasteiger partial charge on any atom is 0.255 e. The van der Waals surface area contributed by atoms with E-state index in [0.29, 0.717) is 11.5 Å². The number of guanidine groups is 1. The van der Waals surface area contributed by atoms with E-state index in [1.54, 1.807) is 17.7 Å². The summed E-state index contributed by atoms with van der Waals surface area (Å²) in [7, 11) is 1.75. The van der Waals surface area contributed by atoms with E-state index in [-0.39, 0.29) is 36.1 Å². The zero-order valence-electron chi connectivity index (χ0n) is 13.7. The van der Waals surface area contributed by atoms with E-state index in [4.69, 9.17) is 5.73 Å². The zero-order chi connectivity index (χ0) is 16.1. The largest absolute Gasteiger partial charge is 0.370 e. The lowest BCUT2D eigenvalue weighted by molar-refractivity contribution is 0.795. The fraction of sp³-hybridized carbons (Fsp3) is 0.294. The van der Waals surface area contributed by atoms with Gasteiger partial charge in [0, 0.05) is 24.0 Å². The smallest absolute Gasteiger partial charge is 0.255 e. The number of rotatable bonds is 4. The summed E-state index contributed by atoms with van der Waals surface area (Å²) in [5.74, 6) is 0.298. The van der Waals surface area contributed by atoms with E-state index in [1.165, 1.54) is 5.56 Å². The van der Waals surface area contributed by atoms with Crippen molar-refractivity contribution >= 4 is 35.6 Å². The number of anilines is 1. The van der Waals surface area contributed by atoms with Crippen molar-refractivity contribution in [2.24, 2.45) is 17.8 Å². The van der Waals surface area contributed by atoms with Crippen LogP contribution in [0.1, 0.15) is 23.7 Å². The third-order valence-electron chi connectivity index (χ3n) is 3.69. The Labute approximate surface area is 153 Å². The molecule has 0 aliphatic heterocycles. The number of nitrogens with one attached hydrogen (secondary N) is 1. The third-order valence-corrected chi connectivity index (χ3v) is 3.69. The van der Waals surface area contributed by atoms with E-state index in [2.05, 4.69) is 17.2 Å². The van der Waals surface area contributed by atoms with Gasteiger partial charge < -0.3 is 15.6 Å². The lowest BCUT2D eigenvalue weighted by Gasteiger charge is -2.07. The Morgan fingerprint density at radius 2 is 1.87 bits per heavy atom. The molecule has 0 unspecified atom stereocenters. The van der Waals surface area contributed by atoms with Gasteiger partial charge in [-0.2, -0.15) is 0 Å². The molecular formula is C17H23IN4O. The van der Waals surface area contributed by atoms with Gasteiger partial charge >= 0.3 is 0 Å². The molecule has 0 saturated heterocycles. The van der Waals surface area contributed by atoms with Gasteiger partial charge in [-0.1, -0.05) is 19.1 Å². The van der Waals surface area contributed by atoms with Crippen LogP contribution in [0.2, 0.25) is 0 Å². The Hall–Kier alpha value is -1.83. The molecule has 1 aromatic carbocycles. The summed E-state index contributed by atoms with van der Waals surface area (Å²) in [5.41, 5.74) is 9.53. The van der Waals surface area contributed by atoms with Crippen molar-refractivity contribution in [2.45, 2.75) is 26.8 Å². The van der Waals surface area contributed by atoms with Crippen LogP contribution in [0.5, 0.6) is 0 Å². The monoisotopic (exact) mass is 426 g/mol. The van der Waals surface area contributed by atoms with Crippen LogP contribution in [0.25, 0.3) is 0 Å². The topological polar surface area (TPSA) is 72.4 Å².